The zero-order valence-corrected chi connectivity index (χ0v) is 18.4. The van der Waals surface area contributed by atoms with Gasteiger partial charge in [0.2, 0.25) is 5.91 Å². The van der Waals surface area contributed by atoms with Crippen LogP contribution >= 0.6 is 35.0 Å². The Morgan fingerprint density at radius 2 is 1.67 bits per heavy atom. The van der Waals surface area contributed by atoms with Gasteiger partial charge in [0.1, 0.15) is 0 Å². The highest BCUT2D eigenvalue weighted by atomic mass is 35.5. The average Bonchev–Trinajstić information content (AvgIpc) is 3.28. The van der Waals surface area contributed by atoms with Gasteiger partial charge in [-0.1, -0.05) is 41.4 Å². The topological polar surface area (TPSA) is 75.7 Å². The highest BCUT2D eigenvalue weighted by Gasteiger charge is 2.20. The Morgan fingerprint density at radius 1 is 1.00 bits per heavy atom. The highest BCUT2D eigenvalue weighted by Crippen LogP contribution is 2.29. The van der Waals surface area contributed by atoms with Gasteiger partial charge in [0.25, 0.3) is 5.91 Å². The summed E-state index contributed by atoms with van der Waals surface area (Å²) in [4.78, 5) is 39.4. The minimum absolute atomic E-state index is 0.0525. The first kappa shape index (κ1) is 22.5. The molecule has 3 rings (SSSR count). The second-order valence-corrected chi connectivity index (χ2v) is 8.43. The van der Waals surface area contributed by atoms with Crippen LogP contribution < -0.4 is 5.32 Å². The SMILES string of the molecule is O=C(COC(=O)c1ccccc1SCC(=O)N1CCCC1)Nc1c(Cl)cccc1Cl. The second-order valence-electron chi connectivity index (χ2n) is 6.59. The van der Waals surface area contributed by atoms with E-state index in [1.165, 1.54) is 11.8 Å². The molecule has 6 nitrogen and oxygen atoms in total. The van der Waals surface area contributed by atoms with E-state index in [0.717, 1.165) is 25.9 Å². The number of para-hydroxylation sites is 1. The lowest BCUT2D eigenvalue weighted by Gasteiger charge is -2.15. The fourth-order valence-corrected chi connectivity index (χ4v) is 4.40. The number of amides is 2. The molecule has 0 spiro atoms. The van der Waals surface area contributed by atoms with Crippen LogP contribution in [0.1, 0.15) is 23.2 Å². The smallest absolute Gasteiger partial charge is 0.339 e. The van der Waals surface area contributed by atoms with Gasteiger partial charge in [-0.25, -0.2) is 4.79 Å². The van der Waals surface area contributed by atoms with Crippen molar-refractivity contribution in [3.63, 3.8) is 0 Å². The van der Waals surface area contributed by atoms with Gasteiger partial charge in [-0.15, -0.1) is 11.8 Å². The van der Waals surface area contributed by atoms with E-state index in [0.29, 0.717) is 10.5 Å². The molecule has 0 atom stereocenters. The number of nitrogens with one attached hydrogen (secondary N) is 1. The van der Waals surface area contributed by atoms with Crippen LogP contribution in [0, 0.1) is 0 Å². The number of rotatable bonds is 7. The van der Waals surface area contributed by atoms with E-state index in [-0.39, 0.29) is 27.4 Å². The van der Waals surface area contributed by atoms with Crippen LogP contribution in [0.25, 0.3) is 0 Å². The standard InChI is InChI=1S/C21H20Cl2N2O4S/c22-15-7-5-8-16(23)20(15)24-18(26)12-29-21(28)14-6-1-2-9-17(14)30-13-19(27)25-10-3-4-11-25/h1-2,5-9H,3-4,10-13H2,(H,24,26). The molecule has 1 aliphatic heterocycles. The van der Waals surface area contributed by atoms with Gasteiger partial charge in [0.15, 0.2) is 6.61 Å². The zero-order valence-electron chi connectivity index (χ0n) is 16.0. The number of hydrogen-bond donors (Lipinski definition) is 1. The lowest BCUT2D eigenvalue weighted by molar-refractivity contribution is -0.127. The van der Waals surface area contributed by atoms with Crippen LogP contribution in [0.4, 0.5) is 5.69 Å². The zero-order chi connectivity index (χ0) is 21.5. The molecule has 1 N–H and O–H groups in total. The number of anilines is 1. The summed E-state index contributed by atoms with van der Waals surface area (Å²) in [5.41, 5.74) is 0.568. The molecule has 1 fully saturated rings. The molecule has 30 heavy (non-hydrogen) atoms. The van der Waals surface area contributed by atoms with Crippen molar-refractivity contribution in [1.29, 1.82) is 0 Å². The molecule has 2 aromatic carbocycles. The van der Waals surface area contributed by atoms with Crippen molar-refractivity contribution in [2.75, 3.05) is 30.8 Å². The van der Waals surface area contributed by atoms with E-state index < -0.39 is 18.5 Å². The summed E-state index contributed by atoms with van der Waals surface area (Å²) < 4.78 is 5.14. The largest absolute Gasteiger partial charge is 0.452 e. The summed E-state index contributed by atoms with van der Waals surface area (Å²) in [7, 11) is 0. The van der Waals surface area contributed by atoms with Crippen molar-refractivity contribution in [3.05, 3.63) is 58.1 Å². The summed E-state index contributed by atoms with van der Waals surface area (Å²) in [5, 5.41) is 3.10. The molecule has 1 saturated heterocycles. The number of carbonyl (C=O) groups is 3. The van der Waals surface area contributed by atoms with Crippen molar-refractivity contribution in [3.8, 4) is 0 Å². The minimum atomic E-state index is -0.646. The second kappa shape index (κ2) is 10.7. The maximum atomic E-state index is 12.5. The van der Waals surface area contributed by atoms with E-state index in [2.05, 4.69) is 5.32 Å². The summed E-state index contributed by atoms with van der Waals surface area (Å²) in [5.74, 6) is -0.910. The normalized spacial score (nSPS) is 13.2. The third-order valence-corrected chi connectivity index (χ3v) is 6.17. The summed E-state index contributed by atoms with van der Waals surface area (Å²) in [6.45, 7) is 1.08. The Labute approximate surface area is 188 Å². The van der Waals surface area contributed by atoms with Crippen LogP contribution in [0.3, 0.4) is 0 Å². The molecule has 0 radical (unpaired) electrons. The molecule has 0 bridgehead atoms. The van der Waals surface area contributed by atoms with Crippen LogP contribution in [-0.4, -0.2) is 48.1 Å². The summed E-state index contributed by atoms with van der Waals surface area (Å²) >= 11 is 13.3. The third kappa shape index (κ3) is 5.90. The molecule has 1 aliphatic rings. The molecule has 2 aromatic rings. The van der Waals surface area contributed by atoms with Gasteiger partial charge in [-0.2, -0.15) is 0 Å². The predicted molar refractivity (Wildman–Crippen MR) is 118 cm³/mol. The van der Waals surface area contributed by atoms with E-state index in [4.69, 9.17) is 27.9 Å². The Bertz CT molecular complexity index is 928. The van der Waals surface area contributed by atoms with Gasteiger partial charge in [-0.05, 0) is 37.1 Å². The Hall–Kier alpha value is -2.22. The average molecular weight is 467 g/mol. The fourth-order valence-electron chi connectivity index (χ4n) is 2.96. The number of nitrogens with zero attached hydrogens (tertiary/aromatic N) is 1. The van der Waals surface area contributed by atoms with E-state index >= 15 is 0 Å². The van der Waals surface area contributed by atoms with Crippen LogP contribution in [0.5, 0.6) is 0 Å². The third-order valence-electron chi connectivity index (χ3n) is 4.48. The van der Waals surface area contributed by atoms with E-state index in [1.54, 1.807) is 42.5 Å². The molecule has 0 aromatic heterocycles. The quantitative estimate of drug-likeness (QED) is 0.479. The van der Waals surface area contributed by atoms with Gasteiger partial charge in [-0.3, -0.25) is 9.59 Å². The first-order valence-corrected chi connectivity index (χ1v) is 11.1. The molecule has 1 heterocycles. The number of halogens is 2. The monoisotopic (exact) mass is 466 g/mol. The first-order chi connectivity index (χ1) is 14.5. The predicted octanol–water partition coefficient (Wildman–Crippen LogP) is 4.50. The van der Waals surface area contributed by atoms with Gasteiger partial charge < -0.3 is 15.0 Å². The minimum Gasteiger partial charge on any atom is -0.452 e. The Balaban J connectivity index is 1.56. The molecule has 2 amide bonds. The maximum absolute atomic E-state index is 12.5. The van der Waals surface area contributed by atoms with Crippen LogP contribution in [0.2, 0.25) is 10.0 Å². The maximum Gasteiger partial charge on any atom is 0.339 e. The summed E-state index contributed by atoms with van der Waals surface area (Å²) in [6, 6.07) is 11.7. The molecular weight excluding hydrogens is 447 g/mol. The fraction of sp³-hybridized carbons (Fsp3) is 0.286. The van der Waals surface area contributed by atoms with E-state index in [9.17, 15) is 14.4 Å². The number of esters is 1. The lowest BCUT2D eigenvalue weighted by atomic mass is 10.2. The van der Waals surface area contributed by atoms with Crippen molar-refractivity contribution in [1.82, 2.24) is 4.90 Å². The Kier molecular flexibility index (Phi) is 8.01. The van der Waals surface area contributed by atoms with E-state index in [1.807, 2.05) is 4.90 Å². The Morgan fingerprint density at radius 3 is 2.37 bits per heavy atom. The van der Waals surface area contributed by atoms with Gasteiger partial charge in [0.05, 0.1) is 27.0 Å². The van der Waals surface area contributed by atoms with Crippen molar-refractivity contribution in [2.45, 2.75) is 17.7 Å². The van der Waals surface area contributed by atoms with Crippen molar-refractivity contribution in [2.24, 2.45) is 0 Å². The number of benzene rings is 2. The van der Waals surface area contributed by atoms with Crippen LogP contribution in [-0.2, 0) is 14.3 Å². The molecule has 0 unspecified atom stereocenters. The van der Waals surface area contributed by atoms with Crippen molar-refractivity contribution < 1.29 is 19.1 Å². The molecule has 9 heteroatoms. The highest BCUT2D eigenvalue weighted by molar-refractivity contribution is 8.00. The number of thioether (sulfide) groups is 1. The van der Waals surface area contributed by atoms with Gasteiger partial charge in [0, 0.05) is 18.0 Å². The molecule has 0 aliphatic carbocycles. The van der Waals surface area contributed by atoms with Crippen LogP contribution in [0.15, 0.2) is 47.4 Å². The molecule has 158 valence electrons. The number of ether oxygens (including phenoxy) is 1. The number of likely N-dealkylation sites (tertiary alicyclic amines) is 1. The summed E-state index contributed by atoms with van der Waals surface area (Å²) in [6.07, 6.45) is 2.06. The van der Waals surface area contributed by atoms with Gasteiger partial charge >= 0.3 is 5.97 Å². The van der Waals surface area contributed by atoms with Crippen molar-refractivity contribution >= 4 is 58.4 Å². The molecule has 0 saturated carbocycles. The first-order valence-electron chi connectivity index (χ1n) is 9.36. The number of hydrogen-bond acceptors (Lipinski definition) is 5. The molecular formula is C21H20Cl2N2O4S. The number of carbonyl (C=O) groups excluding carboxylic acids is 3. The lowest BCUT2D eigenvalue weighted by Crippen LogP contribution is -2.29.